The van der Waals surface area contributed by atoms with Crippen LogP contribution in [0, 0.1) is 0 Å². The van der Waals surface area contributed by atoms with Gasteiger partial charge >= 0.3 is 0 Å². The van der Waals surface area contributed by atoms with Crippen molar-refractivity contribution < 1.29 is 4.42 Å². The number of fused-ring (bicyclic) bond motifs is 10. The lowest BCUT2D eigenvalue weighted by molar-refractivity contribution is 0.673. The van der Waals surface area contributed by atoms with Crippen LogP contribution in [0.5, 0.6) is 0 Å². The molecule has 1 aliphatic carbocycles. The zero-order valence-electron chi connectivity index (χ0n) is 27.5. The first-order chi connectivity index (χ1) is 25.3. The molecule has 51 heavy (non-hydrogen) atoms. The maximum absolute atomic E-state index is 6.62. The summed E-state index contributed by atoms with van der Waals surface area (Å²) in [7, 11) is 0. The molecule has 0 spiro atoms. The molecule has 0 saturated heterocycles. The molecule has 0 fully saturated rings. The van der Waals surface area contributed by atoms with Gasteiger partial charge < -0.3 is 8.98 Å². The molecule has 4 heterocycles. The monoisotopic (exact) mass is 671 g/mol. The van der Waals surface area contributed by atoms with Crippen molar-refractivity contribution in [3.63, 3.8) is 0 Å². The van der Waals surface area contributed by atoms with E-state index in [2.05, 4.69) is 138 Å². The third-order valence-corrected chi connectivity index (χ3v) is 11.5. The minimum atomic E-state index is 0.723. The van der Waals surface area contributed by atoms with Crippen LogP contribution in [0.15, 0.2) is 144 Å². The van der Waals surface area contributed by atoms with Crippen LogP contribution in [0.25, 0.3) is 106 Å². The Hall–Kier alpha value is -6.30. The molecule has 0 radical (unpaired) electrons. The Morgan fingerprint density at radius 2 is 1.25 bits per heavy atom. The van der Waals surface area contributed by atoms with Crippen molar-refractivity contribution in [1.29, 1.82) is 0 Å². The molecule has 1 aliphatic rings. The van der Waals surface area contributed by atoms with Gasteiger partial charge in [0, 0.05) is 53.2 Å². The van der Waals surface area contributed by atoms with Crippen LogP contribution in [0.3, 0.4) is 0 Å². The highest BCUT2D eigenvalue weighted by Crippen LogP contribution is 2.42. The summed E-state index contributed by atoms with van der Waals surface area (Å²) in [6.07, 6.45) is 6.89. The molecule has 0 unspecified atom stereocenters. The van der Waals surface area contributed by atoms with E-state index in [1.807, 2.05) is 29.5 Å². The van der Waals surface area contributed by atoms with Gasteiger partial charge in [-0.05, 0) is 60.5 Å². The second-order valence-corrected chi connectivity index (χ2v) is 14.3. The third-order valence-electron chi connectivity index (χ3n) is 10.2. The molecule has 0 amide bonds. The summed E-state index contributed by atoms with van der Waals surface area (Å²) >= 11 is 1.85. The van der Waals surface area contributed by atoms with Crippen LogP contribution in [0.4, 0.5) is 0 Å². The molecule has 10 aromatic rings. The maximum atomic E-state index is 6.62. The Morgan fingerprint density at radius 3 is 2.04 bits per heavy atom. The van der Waals surface area contributed by atoms with Gasteiger partial charge in [0.2, 0.25) is 0 Å². The van der Waals surface area contributed by atoms with Crippen LogP contribution in [-0.4, -0.2) is 14.5 Å². The number of thiophene rings is 1. The molecule has 11 rings (SSSR count). The summed E-state index contributed by atoms with van der Waals surface area (Å²) in [6.45, 7) is 0. The maximum Gasteiger partial charge on any atom is 0.161 e. The molecule has 0 saturated carbocycles. The molecule has 0 N–H and O–H groups in total. The van der Waals surface area contributed by atoms with Crippen LogP contribution in [-0.2, 0) is 0 Å². The Morgan fingerprint density at radius 1 is 0.569 bits per heavy atom. The molecule has 240 valence electrons. The number of hydrogen-bond acceptors (Lipinski definition) is 4. The van der Waals surface area contributed by atoms with E-state index in [0.29, 0.717) is 0 Å². The Labute approximate surface area is 296 Å². The van der Waals surface area contributed by atoms with Crippen molar-refractivity contribution in [2.24, 2.45) is 0 Å². The van der Waals surface area contributed by atoms with Crippen molar-refractivity contribution in [3.8, 4) is 39.6 Å². The van der Waals surface area contributed by atoms with E-state index in [-0.39, 0.29) is 0 Å². The van der Waals surface area contributed by atoms with Gasteiger partial charge in [0.05, 0.1) is 27.8 Å². The number of rotatable bonds is 4. The van der Waals surface area contributed by atoms with Gasteiger partial charge in [-0.25, -0.2) is 9.97 Å². The molecule has 4 nitrogen and oxygen atoms in total. The molecule has 5 heteroatoms. The number of hydrogen-bond donors (Lipinski definition) is 0. The first kappa shape index (κ1) is 28.5. The van der Waals surface area contributed by atoms with Gasteiger partial charge in [-0.2, -0.15) is 0 Å². The van der Waals surface area contributed by atoms with Gasteiger partial charge in [0.15, 0.2) is 5.82 Å². The standard InChI is InChI=1S/C46H29N3OS/c1-3-13-28(14-4-1)37-27-38(29-15-5-2-6-16-29)48-46(47-37)36-26-30(25-35-32-18-9-12-22-42(32)51-45(35)36)49-39-20-10-7-19-34(39)43-40(49)24-23-33-31-17-8-11-21-41(31)50-44(33)43/h1-8,10-11,13-27H,9,12H2. The summed E-state index contributed by atoms with van der Waals surface area (Å²) in [5.74, 6) is 0.723. The Kier molecular flexibility index (Phi) is 6.21. The minimum Gasteiger partial charge on any atom is -0.455 e. The molecule has 6 aromatic carbocycles. The van der Waals surface area contributed by atoms with Gasteiger partial charge in [-0.15, -0.1) is 11.3 Å². The first-order valence-electron chi connectivity index (χ1n) is 17.4. The van der Waals surface area contributed by atoms with E-state index < -0.39 is 0 Å². The summed E-state index contributed by atoms with van der Waals surface area (Å²) in [5, 5.41) is 7.11. The summed E-state index contributed by atoms with van der Waals surface area (Å²) < 4.78 is 11.6. The fraction of sp³-hybridized carbons (Fsp3) is 0.0435. The minimum absolute atomic E-state index is 0.723. The Bertz CT molecular complexity index is 3080. The van der Waals surface area contributed by atoms with Crippen molar-refractivity contribution in [2.45, 2.75) is 12.8 Å². The molecular weight excluding hydrogens is 643 g/mol. The van der Waals surface area contributed by atoms with Crippen LogP contribution in [0.1, 0.15) is 12.8 Å². The fourth-order valence-corrected chi connectivity index (χ4v) is 9.18. The van der Waals surface area contributed by atoms with E-state index in [1.165, 1.54) is 25.2 Å². The highest BCUT2D eigenvalue weighted by molar-refractivity contribution is 7.17. The summed E-state index contributed by atoms with van der Waals surface area (Å²) in [4.78, 5) is 10.6. The van der Waals surface area contributed by atoms with Crippen LogP contribution < -0.4 is 9.75 Å². The van der Waals surface area contributed by atoms with Crippen molar-refractivity contribution in [2.75, 3.05) is 0 Å². The SMILES string of the molecule is C1=c2sc3c(-c4nc(-c5ccccc5)cc(-c5ccccc5)n4)cc(-n4c5ccccc5c5c6oc7ccccc7c6ccc54)cc3c2=CCC1. The molecule has 0 aliphatic heterocycles. The van der Waals surface area contributed by atoms with Crippen molar-refractivity contribution in [1.82, 2.24) is 14.5 Å². The number of benzene rings is 6. The molecule has 0 atom stereocenters. The number of para-hydroxylation sites is 2. The van der Waals surface area contributed by atoms with E-state index in [1.54, 1.807) is 0 Å². The average Bonchev–Trinajstić information content (AvgIpc) is 3.87. The highest BCUT2D eigenvalue weighted by atomic mass is 32.1. The lowest BCUT2D eigenvalue weighted by atomic mass is 10.0. The van der Waals surface area contributed by atoms with Crippen molar-refractivity contribution in [3.05, 3.63) is 149 Å². The Balaban J connectivity index is 1.25. The lowest BCUT2D eigenvalue weighted by Crippen LogP contribution is -2.20. The predicted molar refractivity (Wildman–Crippen MR) is 213 cm³/mol. The zero-order chi connectivity index (χ0) is 33.5. The van der Waals surface area contributed by atoms with E-state index in [4.69, 9.17) is 14.4 Å². The predicted octanol–water partition coefficient (Wildman–Crippen LogP) is 11.0. The van der Waals surface area contributed by atoms with Gasteiger partial charge in [-0.1, -0.05) is 109 Å². The van der Waals surface area contributed by atoms with Gasteiger partial charge in [0.25, 0.3) is 0 Å². The van der Waals surface area contributed by atoms with Crippen LogP contribution >= 0.6 is 11.3 Å². The fourth-order valence-electron chi connectivity index (χ4n) is 7.92. The van der Waals surface area contributed by atoms with Gasteiger partial charge in [-0.3, -0.25) is 0 Å². The highest BCUT2D eigenvalue weighted by Gasteiger charge is 2.22. The second kappa shape index (κ2) is 11.1. The third kappa shape index (κ3) is 4.38. The summed E-state index contributed by atoms with van der Waals surface area (Å²) in [6, 6.07) is 49.1. The van der Waals surface area contributed by atoms with Crippen molar-refractivity contribution >= 4 is 77.3 Å². The first-order valence-corrected chi connectivity index (χ1v) is 18.2. The topological polar surface area (TPSA) is 43.9 Å². The van der Waals surface area contributed by atoms with Gasteiger partial charge in [0.1, 0.15) is 11.2 Å². The normalized spacial score (nSPS) is 12.9. The zero-order valence-corrected chi connectivity index (χ0v) is 28.3. The number of aromatic nitrogens is 3. The second-order valence-electron chi connectivity index (χ2n) is 13.2. The number of nitrogens with zero attached hydrogens (tertiary/aromatic N) is 3. The summed E-state index contributed by atoms with van der Waals surface area (Å²) in [5.41, 5.74) is 10.1. The lowest BCUT2D eigenvalue weighted by Gasteiger charge is -2.13. The van der Waals surface area contributed by atoms with E-state index >= 15 is 0 Å². The van der Waals surface area contributed by atoms with Crippen LogP contribution in [0.2, 0.25) is 0 Å². The average molecular weight is 672 g/mol. The smallest absolute Gasteiger partial charge is 0.161 e. The largest absolute Gasteiger partial charge is 0.455 e. The molecular formula is C46H29N3OS. The van der Waals surface area contributed by atoms with E-state index in [0.717, 1.165) is 90.8 Å². The number of furan rings is 1. The molecule has 4 aromatic heterocycles. The molecule has 0 bridgehead atoms. The van der Waals surface area contributed by atoms with E-state index in [9.17, 15) is 0 Å². The quantitative estimate of drug-likeness (QED) is 0.187.